The summed E-state index contributed by atoms with van der Waals surface area (Å²) in [4.78, 5) is 13.9. The Balaban J connectivity index is 2.28. The largest absolute Gasteiger partial charge is 0.490 e. The lowest BCUT2D eigenvalue weighted by Gasteiger charge is -2.06. The lowest BCUT2D eigenvalue weighted by molar-refractivity contribution is -0.385. The lowest BCUT2D eigenvalue weighted by Crippen LogP contribution is -1.95. The van der Waals surface area contributed by atoms with E-state index in [1.54, 1.807) is 0 Å². The molecule has 2 rings (SSSR count). The highest BCUT2D eigenvalue weighted by Crippen LogP contribution is 2.32. The van der Waals surface area contributed by atoms with Crippen LogP contribution in [0.1, 0.15) is 0 Å². The van der Waals surface area contributed by atoms with Crippen molar-refractivity contribution in [1.29, 1.82) is 0 Å². The SMILES string of the molecule is COc1ccc(Oc2ccc(F)cn2)cc1[N+](=O)[O-]. The van der Waals surface area contributed by atoms with Gasteiger partial charge in [0.15, 0.2) is 5.75 Å². The minimum Gasteiger partial charge on any atom is -0.490 e. The zero-order chi connectivity index (χ0) is 13.8. The van der Waals surface area contributed by atoms with E-state index in [0.29, 0.717) is 0 Å². The van der Waals surface area contributed by atoms with Gasteiger partial charge in [-0.1, -0.05) is 0 Å². The van der Waals surface area contributed by atoms with E-state index in [0.717, 1.165) is 6.20 Å². The van der Waals surface area contributed by atoms with Gasteiger partial charge in [-0.25, -0.2) is 9.37 Å². The summed E-state index contributed by atoms with van der Waals surface area (Å²) in [6.45, 7) is 0. The number of aromatic nitrogens is 1. The van der Waals surface area contributed by atoms with Gasteiger partial charge in [-0.05, 0) is 18.2 Å². The molecule has 19 heavy (non-hydrogen) atoms. The smallest absolute Gasteiger partial charge is 0.314 e. The number of rotatable bonds is 4. The topological polar surface area (TPSA) is 74.5 Å². The van der Waals surface area contributed by atoms with Crippen LogP contribution in [0, 0.1) is 15.9 Å². The molecule has 0 fully saturated rings. The molecular formula is C12H9FN2O4. The van der Waals surface area contributed by atoms with Crippen molar-refractivity contribution in [2.75, 3.05) is 7.11 Å². The van der Waals surface area contributed by atoms with E-state index in [9.17, 15) is 14.5 Å². The number of benzene rings is 1. The van der Waals surface area contributed by atoms with Crippen LogP contribution in [-0.4, -0.2) is 17.0 Å². The summed E-state index contributed by atoms with van der Waals surface area (Å²) >= 11 is 0. The number of ether oxygens (including phenoxy) is 2. The van der Waals surface area contributed by atoms with E-state index in [4.69, 9.17) is 9.47 Å². The van der Waals surface area contributed by atoms with Crippen LogP contribution in [0.4, 0.5) is 10.1 Å². The van der Waals surface area contributed by atoms with Crippen molar-refractivity contribution in [2.45, 2.75) is 0 Å². The van der Waals surface area contributed by atoms with Crippen LogP contribution in [-0.2, 0) is 0 Å². The molecule has 0 saturated carbocycles. The first kappa shape index (κ1) is 12.7. The summed E-state index contributed by atoms with van der Waals surface area (Å²) in [5.74, 6) is -0.00931. The summed E-state index contributed by atoms with van der Waals surface area (Å²) in [7, 11) is 1.34. The fourth-order valence-corrected chi connectivity index (χ4v) is 1.42. The minimum absolute atomic E-state index is 0.129. The predicted octanol–water partition coefficient (Wildman–Crippen LogP) is 2.93. The highest BCUT2D eigenvalue weighted by molar-refractivity contribution is 5.51. The van der Waals surface area contributed by atoms with Gasteiger partial charge in [-0.3, -0.25) is 10.1 Å². The van der Waals surface area contributed by atoms with Crippen LogP contribution in [0.15, 0.2) is 36.5 Å². The second-order valence-corrected chi connectivity index (χ2v) is 3.51. The third-order valence-electron chi connectivity index (χ3n) is 2.27. The zero-order valence-electron chi connectivity index (χ0n) is 9.87. The van der Waals surface area contributed by atoms with Gasteiger partial charge in [0.25, 0.3) is 0 Å². The van der Waals surface area contributed by atoms with Gasteiger partial charge in [0, 0.05) is 6.07 Å². The molecule has 6 nitrogen and oxygen atoms in total. The number of halogens is 1. The predicted molar refractivity (Wildman–Crippen MR) is 63.9 cm³/mol. The first-order valence-corrected chi connectivity index (χ1v) is 5.22. The third-order valence-corrected chi connectivity index (χ3v) is 2.27. The summed E-state index contributed by atoms with van der Waals surface area (Å²) in [5.41, 5.74) is -0.220. The molecule has 1 aromatic carbocycles. The summed E-state index contributed by atoms with van der Waals surface area (Å²) in [6.07, 6.45) is 0.993. The molecule has 2 aromatic rings. The third kappa shape index (κ3) is 2.95. The van der Waals surface area contributed by atoms with Gasteiger partial charge in [0.1, 0.15) is 11.6 Å². The fraction of sp³-hybridized carbons (Fsp3) is 0.0833. The van der Waals surface area contributed by atoms with E-state index in [1.165, 1.54) is 37.4 Å². The summed E-state index contributed by atoms with van der Waals surface area (Å²) < 4.78 is 22.8. The molecule has 1 aromatic heterocycles. The molecule has 0 N–H and O–H groups in total. The van der Waals surface area contributed by atoms with Gasteiger partial charge in [-0.2, -0.15) is 0 Å². The second kappa shape index (κ2) is 5.30. The minimum atomic E-state index is -0.580. The Bertz CT molecular complexity index is 601. The van der Waals surface area contributed by atoms with Crippen LogP contribution in [0.5, 0.6) is 17.4 Å². The molecule has 7 heteroatoms. The maximum absolute atomic E-state index is 12.7. The van der Waals surface area contributed by atoms with E-state index >= 15 is 0 Å². The van der Waals surface area contributed by atoms with Gasteiger partial charge in [0.2, 0.25) is 5.88 Å². The number of nitro benzene ring substituents is 1. The fourth-order valence-electron chi connectivity index (χ4n) is 1.42. The summed E-state index contributed by atoms with van der Waals surface area (Å²) in [5, 5.41) is 10.8. The highest BCUT2D eigenvalue weighted by Gasteiger charge is 2.16. The molecule has 0 spiro atoms. The number of hydrogen-bond donors (Lipinski definition) is 0. The van der Waals surface area contributed by atoms with Gasteiger partial charge in [0.05, 0.1) is 24.3 Å². The van der Waals surface area contributed by atoms with Crippen molar-refractivity contribution < 1.29 is 18.8 Å². The van der Waals surface area contributed by atoms with Crippen LogP contribution >= 0.6 is 0 Å². The Morgan fingerprint density at radius 3 is 2.68 bits per heavy atom. The number of pyridine rings is 1. The van der Waals surface area contributed by atoms with Crippen molar-refractivity contribution in [3.63, 3.8) is 0 Å². The second-order valence-electron chi connectivity index (χ2n) is 3.51. The van der Waals surface area contributed by atoms with Crippen molar-refractivity contribution in [1.82, 2.24) is 4.98 Å². The van der Waals surface area contributed by atoms with Gasteiger partial charge >= 0.3 is 5.69 Å². The molecular weight excluding hydrogens is 255 g/mol. The maximum atomic E-state index is 12.7. The Morgan fingerprint density at radius 2 is 2.11 bits per heavy atom. The van der Waals surface area contributed by atoms with Crippen molar-refractivity contribution in [2.24, 2.45) is 0 Å². The molecule has 0 unspecified atom stereocenters. The standard InChI is InChI=1S/C12H9FN2O4/c1-18-11-4-3-9(6-10(11)15(16)17)19-12-5-2-8(13)7-14-12/h2-7H,1H3. The van der Waals surface area contributed by atoms with E-state index in [2.05, 4.69) is 4.98 Å². The Morgan fingerprint density at radius 1 is 1.32 bits per heavy atom. The van der Waals surface area contributed by atoms with Crippen LogP contribution in [0.3, 0.4) is 0 Å². The molecule has 98 valence electrons. The monoisotopic (exact) mass is 264 g/mol. The van der Waals surface area contributed by atoms with Gasteiger partial charge in [-0.15, -0.1) is 0 Å². The van der Waals surface area contributed by atoms with Crippen LogP contribution < -0.4 is 9.47 Å². The molecule has 0 aliphatic carbocycles. The zero-order valence-corrected chi connectivity index (χ0v) is 9.87. The van der Waals surface area contributed by atoms with E-state index in [-0.39, 0.29) is 23.1 Å². The Hall–Kier alpha value is -2.70. The average molecular weight is 264 g/mol. The molecule has 1 heterocycles. The number of methoxy groups -OCH3 is 1. The maximum Gasteiger partial charge on any atom is 0.314 e. The summed E-state index contributed by atoms with van der Waals surface area (Å²) in [6, 6.07) is 6.63. The van der Waals surface area contributed by atoms with Crippen molar-refractivity contribution in [3.8, 4) is 17.4 Å². The van der Waals surface area contributed by atoms with Crippen molar-refractivity contribution in [3.05, 3.63) is 52.5 Å². The highest BCUT2D eigenvalue weighted by atomic mass is 19.1. The number of hydrogen-bond acceptors (Lipinski definition) is 5. The van der Waals surface area contributed by atoms with Crippen LogP contribution in [0.25, 0.3) is 0 Å². The Kier molecular flexibility index (Phi) is 3.56. The lowest BCUT2D eigenvalue weighted by atomic mass is 10.3. The molecule has 0 saturated heterocycles. The number of nitrogens with zero attached hydrogens (tertiary/aromatic N) is 2. The average Bonchev–Trinajstić information content (AvgIpc) is 2.41. The molecule has 0 aliphatic rings. The Labute approximate surface area is 107 Å². The van der Waals surface area contributed by atoms with E-state index in [1.807, 2.05) is 0 Å². The van der Waals surface area contributed by atoms with Gasteiger partial charge < -0.3 is 9.47 Å². The number of nitro groups is 1. The molecule has 0 aliphatic heterocycles. The first-order chi connectivity index (χ1) is 9.10. The van der Waals surface area contributed by atoms with E-state index < -0.39 is 10.7 Å². The molecule has 0 radical (unpaired) electrons. The van der Waals surface area contributed by atoms with Crippen LogP contribution in [0.2, 0.25) is 0 Å². The normalized spacial score (nSPS) is 10.0. The molecule has 0 amide bonds. The first-order valence-electron chi connectivity index (χ1n) is 5.22. The van der Waals surface area contributed by atoms with Crippen molar-refractivity contribution >= 4 is 5.69 Å². The molecule has 0 atom stereocenters. The molecule has 0 bridgehead atoms. The quantitative estimate of drug-likeness (QED) is 0.627.